The first-order valence-electron chi connectivity index (χ1n) is 10.5. The molecule has 0 aliphatic heterocycles. The van der Waals surface area contributed by atoms with Gasteiger partial charge in [0.1, 0.15) is 0 Å². The fraction of sp³-hybridized carbons (Fsp3) is 0.357. The summed E-state index contributed by atoms with van der Waals surface area (Å²) >= 11 is 0. The van der Waals surface area contributed by atoms with E-state index in [1.807, 2.05) is 0 Å². The highest BCUT2D eigenvalue weighted by Crippen LogP contribution is 2.38. The third-order valence-corrected chi connectivity index (χ3v) is 6.56. The summed E-state index contributed by atoms with van der Waals surface area (Å²) in [6, 6.07) is 14.0. The molecule has 0 bridgehead atoms. The van der Waals surface area contributed by atoms with Crippen molar-refractivity contribution < 1.29 is 0 Å². The molecule has 0 saturated carbocycles. The van der Waals surface area contributed by atoms with Crippen molar-refractivity contribution in [2.45, 2.75) is 67.7 Å². The second kappa shape index (κ2) is 7.73. The summed E-state index contributed by atoms with van der Waals surface area (Å²) in [5, 5.41) is 1.29. The van der Waals surface area contributed by atoms with Gasteiger partial charge in [-0.05, 0) is 114 Å². The number of rotatable bonds is 2. The van der Waals surface area contributed by atoms with Crippen LogP contribution in [0.1, 0.15) is 59.7 Å². The summed E-state index contributed by atoms with van der Waals surface area (Å²) in [4.78, 5) is 0. The van der Waals surface area contributed by atoms with Crippen LogP contribution in [0.3, 0.4) is 0 Å². The number of benzene rings is 3. The number of hydrogen-bond donors (Lipinski definition) is 0. The highest BCUT2D eigenvalue weighted by molar-refractivity contribution is 7.28. The van der Waals surface area contributed by atoms with Crippen molar-refractivity contribution in [2.24, 2.45) is 0 Å². The predicted octanol–water partition coefficient (Wildman–Crippen LogP) is 7.67. The lowest BCUT2D eigenvalue weighted by Crippen LogP contribution is -2.15. The van der Waals surface area contributed by atoms with Gasteiger partial charge in [0.05, 0.1) is 0 Å². The Morgan fingerprint density at radius 2 is 0.862 bits per heavy atom. The molecule has 0 saturated heterocycles. The second-order valence-corrected chi connectivity index (χ2v) is 10.4. The van der Waals surface area contributed by atoms with Gasteiger partial charge in [-0.25, -0.2) is 0 Å². The van der Waals surface area contributed by atoms with Gasteiger partial charge < -0.3 is 0 Å². The number of aryl methyl sites for hydroxylation is 6. The van der Waals surface area contributed by atoms with Crippen LogP contribution in [-0.2, 0) is 5.41 Å². The van der Waals surface area contributed by atoms with Crippen LogP contribution in [-0.4, -0.2) is 0 Å². The van der Waals surface area contributed by atoms with E-state index in [1.54, 1.807) is 0 Å². The van der Waals surface area contributed by atoms with Crippen molar-refractivity contribution >= 4 is 14.5 Å². The van der Waals surface area contributed by atoms with Crippen LogP contribution in [0, 0.1) is 41.5 Å². The zero-order chi connectivity index (χ0) is 21.7. The van der Waals surface area contributed by atoms with E-state index in [0.717, 1.165) is 0 Å². The van der Waals surface area contributed by atoms with Crippen molar-refractivity contribution in [3.05, 3.63) is 75.3 Å². The van der Waals surface area contributed by atoms with E-state index in [1.165, 1.54) is 66.5 Å². The van der Waals surface area contributed by atoms with Gasteiger partial charge in [-0.15, -0.1) is 9.24 Å². The van der Waals surface area contributed by atoms with Crippen molar-refractivity contribution in [1.29, 1.82) is 0 Å². The van der Waals surface area contributed by atoms with Crippen LogP contribution in [0.25, 0.3) is 22.3 Å². The van der Waals surface area contributed by atoms with E-state index in [9.17, 15) is 0 Å². The maximum atomic E-state index is 3.07. The fourth-order valence-electron chi connectivity index (χ4n) is 4.71. The van der Waals surface area contributed by atoms with E-state index in [0.29, 0.717) is 0 Å². The van der Waals surface area contributed by atoms with Crippen molar-refractivity contribution in [3.8, 4) is 22.3 Å². The minimum atomic E-state index is 0.0842. The normalized spacial score (nSPS) is 11.8. The van der Waals surface area contributed by atoms with Gasteiger partial charge in [-0.1, -0.05) is 56.2 Å². The van der Waals surface area contributed by atoms with Gasteiger partial charge in [-0.3, -0.25) is 0 Å². The van der Waals surface area contributed by atoms with Gasteiger partial charge in [0.15, 0.2) is 0 Å². The van der Waals surface area contributed by atoms with E-state index in [-0.39, 0.29) is 5.41 Å². The molecule has 0 amide bonds. The molecular formula is C28H35P. The first-order chi connectivity index (χ1) is 13.4. The summed E-state index contributed by atoms with van der Waals surface area (Å²) in [5.74, 6) is 0. The maximum absolute atomic E-state index is 3.07. The van der Waals surface area contributed by atoms with Crippen LogP contribution in [0.5, 0.6) is 0 Å². The molecule has 1 heteroatoms. The van der Waals surface area contributed by atoms with Gasteiger partial charge in [0, 0.05) is 0 Å². The first kappa shape index (κ1) is 21.8. The molecule has 152 valence electrons. The molecule has 0 aliphatic rings. The van der Waals surface area contributed by atoms with Gasteiger partial charge in [-0.2, -0.15) is 0 Å². The number of hydrogen-bond acceptors (Lipinski definition) is 0. The Labute approximate surface area is 180 Å². The van der Waals surface area contributed by atoms with Crippen LogP contribution < -0.4 is 5.30 Å². The lowest BCUT2D eigenvalue weighted by Gasteiger charge is -2.26. The van der Waals surface area contributed by atoms with E-state index < -0.39 is 0 Å². The average molecular weight is 403 g/mol. The minimum absolute atomic E-state index is 0.0842. The summed E-state index contributed by atoms with van der Waals surface area (Å²) in [7, 11) is 3.07. The molecule has 0 aromatic heterocycles. The molecule has 3 rings (SSSR count). The monoisotopic (exact) mass is 402 g/mol. The van der Waals surface area contributed by atoms with Gasteiger partial charge in [0.2, 0.25) is 0 Å². The Kier molecular flexibility index (Phi) is 5.81. The fourth-order valence-corrected chi connectivity index (χ4v) is 5.17. The zero-order valence-electron chi connectivity index (χ0n) is 19.5. The molecule has 29 heavy (non-hydrogen) atoms. The summed E-state index contributed by atoms with van der Waals surface area (Å²) in [6.45, 7) is 20.3. The average Bonchev–Trinajstić information content (AvgIpc) is 2.54. The topological polar surface area (TPSA) is 0 Å². The Hall–Kier alpha value is -1.91. The molecule has 0 N–H and O–H groups in total. The Bertz CT molecular complexity index is 969. The van der Waals surface area contributed by atoms with Gasteiger partial charge in [0.25, 0.3) is 0 Å². The first-order valence-corrected chi connectivity index (χ1v) is 11.1. The lowest BCUT2D eigenvalue weighted by molar-refractivity contribution is 0.591. The third kappa shape index (κ3) is 4.19. The molecule has 0 spiro atoms. The van der Waals surface area contributed by atoms with E-state index >= 15 is 0 Å². The third-order valence-electron chi connectivity index (χ3n) is 5.94. The highest BCUT2D eigenvalue weighted by Gasteiger charge is 2.22. The molecule has 0 fully saturated rings. The molecular weight excluding hydrogens is 367 g/mol. The predicted molar refractivity (Wildman–Crippen MR) is 134 cm³/mol. The molecule has 3 aromatic rings. The molecule has 1 unspecified atom stereocenters. The van der Waals surface area contributed by atoms with Crippen molar-refractivity contribution in [3.63, 3.8) is 0 Å². The van der Waals surface area contributed by atoms with Gasteiger partial charge >= 0.3 is 0 Å². The Morgan fingerprint density at radius 1 is 0.552 bits per heavy atom. The SMILES string of the molecule is Cc1cc(C)c(-c2cc(C(C)(C)C)cc(-c3c(C)cc(C)cc3C)c2P)c(C)c1. The molecule has 1 atom stereocenters. The van der Waals surface area contributed by atoms with E-state index in [4.69, 9.17) is 0 Å². The Morgan fingerprint density at radius 3 is 1.14 bits per heavy atom. The van der Waals surface area contributed by atoms with Crippen LogP contribution in [0.2, 0.25) is 0 Å². The lowest BCUT2D eigenvalue weighted by atomic mass is 9.81. The summed E-state index contributed by atoms with van der Waals surface area (Å²) < 4.78 is 0. The maximum Gasteiger partial charge on any atom is -0.00978 e. The standard InChI is InChI=1S/C28H35P/c1-16-10-18(3)25(19(4)11-16)23-14-22(28(7,8)9)15-24(27(23)29)26-20(5)12-17(2)13-21(26)6/h10-15H,29H2,1-9H3. The van der Waals surface area contributed by atoms with E-state index in [2.05, 4.69) is 108 Å². The smallest absolute Gasteiger partial charge is 0.00978 e. The highest BCUT2D eigenvalue weighted by atomic mass is 31.0. The van der Waals surface area contributed by atoms with Crippen molar-refractivity contribution in [1.82, 2.24) is 0 Å². The Balaban J connectivity index is 2.44. The largest absolute Gasteiger partial charge is 0.104 e. The molecule has 0 aliphatic carbocycles. The van der Waals surface area contributed by atoms with Crippen molar-refractivity contribution in [2.75, 3.05) is 0 Å². The quantitative estimate of drug-likeness (QED) is 0.386. The molecule has 0 heterocycles. The second-order valence-electron chi connectivity index (χ2n) is 9.78. The molecule has 3 aromatic carbocycles. The van der Waals surface area contributed by atoms with Crippen LogP contribution >= 0.6 is 9.24 Å². The summed E-state index contributed by atoms with van der Waals surface area (Å²) in [5.41, 5.74) is 14.9. The summed E-state index contributed by atoms with van der Waals surface area (Å²) in [6.07, 6.45) is 0. The minimum Gasteiger partial charge on any atom is -0.104 e. The zero-order valence-corrected chi connectivity index (χ0v) is 20.7. The molecule has 0 nitrogen and oxygen atoms in total. The molecule has 0 radical (unpaired) electrons. The van der Waals surface area contributed by atoms with Crippen LogP contribution in [0.4, 0.5) is 0 Å². The van der Waals surface area contributed by atoms with Crippen LogP contribution in [0.15, 0.2) is 36.4 Å².